The van der Waals surface area contributed by atoms with E-state index in [1.807, 2.05) is 58.0 Å². The number of halogens is 1. The molecule has 0 saturated heterocycles. The van der Waals surface area contributed by atoms with Crippen molar-refractivity contribution in [3.05, 3.63) is 75.8 Å². The first-order valence-corrected chi connectivity index (χ1v) is 14.5. The molecule has 0 unspecified atom stereocenters. The van der Waals surface area contributed by atoms with Crippen LogP contribution >= 0.6 is 15.9 Å². The molecule has 7 heteroatoms. The molecule has 0 N–H and O–H groups in total. The largest absolute Gasteiger partial charge is 0.457 e. The Morgan fingerprint density at radius 1 is 1.00 bits per heavy atom. The fourth-order valence-corrected chi connectivity index (χ4v) is 6.35. The van der Waals surface area contributed by atoms with E-state index in [0.717, 1.165) is 41.3 Å². The van der Waals surface area contributed by atoms with Crippen LogP contribution in [0.15, 0.2) is 69.5 Å². The van der Waals surface area contributed by atoms with E-state index in [0.29, 0.717) is 12.0 Å². The third-order valence-corrected chi connectivity index (χ3v) is 8.45. The molecule has 190 valence electrons. The Morgan fingerprint density at radius 3 is 2.20 bits per heavy atom. The molecule has 0 amide bonds. The summed E-state index contributed by atoms with van der Waals surface area (Å²) >= 11 is 3.46. The summed E-state index contributed by atoms with van der Waals surface area (Å²) in [4.78, 5) is 13.6. The summed E-state index contributed by atoms with van der Waals surface area (Å²) in [6, 6.07) is 13.2. The van der Waals surface area contributed by atoms with E-state index in [2.05, 4.69) is 22.9 Å². The van der Waals surface area contributed by atoms with Gasteiger partial charge in [-0.3, -0.25) is 0 Å². The Morgan fingerprint density at radius 2 is 1.63 bits per heavy atom. The van der Waals surface area contributed by atoms with Crippen molar-refractivity contribution in [2.24, 2.45) is 0 Å². The van der Waals surface area contributed by atoms with Crippen molar-refractivity contribution in [3.8, 4) is 0 Å². The zero-order valence-corrected chi connectivity index (χ0v) is 23.7. The summed E-state index contributed by atoms with van der Waals surface area (Å²) < 4.78 is 36.3. The first-order valence-electron chi connectivity index (χ1n) is 12.2. The molecule has 1 aliphatic rings. The first kappa shape index (κ1) is 27.6. The number of unbranched alkanes of at least 4 members (excludes halogenated alkanes) is 3. The number of hydrogen-bond acceptors (Lipinski definition) is 4. The van der Waals surface area contributed by atoms with Crippen molar-refractivity contribution >= 4 is 31.9 Å². The highest BCUT2D eigenvalue weighted by atomic mass is 79.9. The summed E-state index contributed by atoms with van der Waals surface area (Å²) in [5.41, 5.74) is 1.40. The number of rotatable bonds is 9. The van der Waals surface area contributed by atoms with Crippen LogP contribution in [-0.2, 0) is 19.6 Å². The van der Waals surface area contributed by atoms with Gasteiger partial charge in [-0.25, -0.2) is 13.2 Å². The van der Waals surface area contributed by atoms with Gasteiger partial charge in [-0.05, 0) is 63.9 Å². The van der Waals surface area contributed by atoms with E-state index in [1.54, 1.807) is 24.3 Å². The lowest BCUT2D eigenvalue weighted by atomic mass is 10.0. The van der Waals surface area contributed by atoms with Crippen LogP contribution < -0.4 is 0 Å². The lowest BCUT2D eigenvalue weighted by molar-refractivity contribution is -0.150. The lowest BCUT2D eigenvalue weighted by Gasteiger charge is -2.31. The fourth-order valence-electron chi connectivity index (χ4n) is 4.33. The van der Waals surface area contributed by atoms with Crippen LogP contribution in [0.25, 0.3) is 0 Å². The Labute approximate surface area is 218 Å². The molecule has 5 nitrogen and oxygen atoms in total. The van der Waals surface area contributed by atoms with Crippen molar-refractivity contribution in [2.45, 2.75) is 89.3 Å². The van der Waals surface area contributed by atoms with Gasteiger partial charge in [-0.2, -0.15) is 4.31 Å². The second kappa shape index (κ2) is 11.4. The number of carbonyl (C=O) groups is 1. The quantitative estimate of drug-likeness (QED) is 0.241. The fraction of sp³-hybridized carbons (Fsp3) is 0.464. The zero-order chi connectivity index (χ0) is 25.8. The lowest BCUT2D eigenvalue weighted by Crippen LogP contribution is -2.39. The van der Waals surface area contributed by atoms with Crippen molar-refractivity contribution < 1.29 is 17.9 Å². The standard InChI is InChI=1S/C28H36BrNO4S/c1-6-7-8-9-10-23-19-25(27(31)34-28(3,4)5)26(21-13-15-22(29)16-14-21)30(23)35(32,33)24-17-11-20(2)12-18-24/h11-19,23,26H,6-10H2,1-5H3/t23-,26+/m1/s1. The normalized spacial score (nSPS) is 19.0. The SMILES string of the molecule is CCCCCC[C@@H]1C=C(C(=O)OC(C)(C)C)[C@H](c2ccc(Br)cc2)N1S(=O)(=O)c1ccc(C)cc1. The molecule has 0 fully saturated rings. The minimum Gasteiger partial charge on any atom is -0.457 e. The van der Waals surface area contributed by atoms with E-state index in [9.17, 15) is 13.2 Å². The molecule has 2 atom stereocenters. The van der Waals surface area contributed by atoms with Crippen LogP contribution in [0, 0.1) is 6.92 Å². The van der Waals surface area contributed by atoms with Gasteiger partial charge >= 0.3 is 5.97 Å². The number of esters is 1. The molecule has 2 aromatic carbocycles. The van der Waals surface area contributed by atoms with E-state index in [1.165, 1.54) is 4.31 Å². The number of ether oxygens (including phenoxy) is 1. The second-order valence-corrected chi connectivity index (χ2v) is 12.9. The van der Waals surface area contributed by atoms with E-state index in [-0.39, 0.29) is 4.90 Å². The molecule has 0 aromatic heterocycles. The van der Waals surface area contributed by atoms with E-state index in [4.69, 9.17) is 4.74 Å². The van der Waals surface area contributed by atoms with Gasteiger partial charge in [-0.15, -0.1) is 0 Å². The number of aryl methyl sites for hydroxylation is 1. The maximum Gasteiger partial charge on any atom is 0.336 e. The molecule has 0 saturated carbocycles. The van der Waals surface area contributed by atoms with Gasteiger partial charge in [-0.1, -0.05) is 84.4 Å². The summed E-state index contributed by atoms with van der Waals surface area (Å²) in [6.45, 7) is 9.53. The maximum atomic E-state index is 14.1. The number of hydrogen-bond donors (Lipinski definition) is 0. The van der Waals surface area contributed by atoms with Crippen LogP contribution in [-0.4, -0.2) is 30.3 Å². The van der Waals surface area contributed by atoms with Gasteiger partial charge in [0.15, 0.2) is 0 Å². The maximum absolute atomic E-state index is 14.1. The van der Waals surface area contributed by atoms with Crippen molar-refractivity contribution in [2.75, 3.05) is 0 Å². The zero-order valence-electron chi connectivity index (χ0n) is 21.3. The molecule has 0 aliphatic carbocycles. The third kappa shape index (κ3) is 6.83. The minimum atomic E-state index is -3.90. The second-order valence-electron chi connectivity index (χ2n) is 10.1. The van der Waals surface area contributed by atoms with Crippen LogP contribution in [0.5, 0.6) is 0 Å². The highest BCUT2D eigenvalue weighted by Crippen LogP contribution is 2.43. The predicted octanol–water partition coefficient (Wildman–Crippen LogP) is 7.11. The molecule has 35 heavy (non-hydrogen) atoms. The van der Waals surface area contributed by atoms with E-state index >= 15 is 0 Å². The molecule has 0 bridgehead atoms. The van der Waals surface area contributed by atoms with Gasteiger partial charge in [0.05, 0.1) is 16.5 Å². The smallest absolute Gasteiger partial charge is 0.336 e. The third-order valence-electron chi connectivity index (χ3n) is 6.02. The van der Waals surface area contributed by atoms with Crippen LogP contribution in [0.2, 0.25) is 0 Å². The number of sulfonamides is 1. The van der Waals surface area contributed by atoms with Crippen LogP contribution in [0.3, 0.4) is 0 Å². The Hall–Kier alpha value is -1.96. The highest BCUT2D eigenvalue weighted by molar-refractivity contribution is 9.10. The van der Waals surface area contributed by atoms with Crippen molar-refractivity contribution in [3.63, 3.8) is 0 Å². The Bertz CT molecular complexity index is 1150. The number of carbonyl (C=O) groups excluding carboxylic acids is 1. The number of nitrogens with zero attached hydrogens (tertiary/aromatic N) is 1. The molecular formula is C28H36BrNO4S. The molecule has 0 radical (unpaired) electrons. The molecule has 2 aromatic rings. The summed E-state index contributed by atoms with van der Waals surface area (Å²) in [5.74, 6) is -0.481. The molecular weight excluding hydrogens is 526 g/mol. The summed E-state index contributed by atoms with van der Waals surface area (Å²) in [5, 5.41) is 0. The van der Waals surface area contributed by atoms with E-state index < -0.39 is 33.7 Å². The van der Waals surface area contributed by atoms with Crippen LogP contribution in [0.1, 0.15) is 77.0 Å². The molecule has 0 spiro atoms. The first-order chi connectivity index (χ1) is 16.4. The summed E-state index contributed by atoms with van der Waals surface area (Å²) in [7, 11) is -3.90. The van der Waals surface area contributed by atoms with Crippen LogP contribution in [0.4, 0.5) is 0 Å². The van der Waals surface area contributed by atoms with Crippen molar-refractivity contribution in [1.29, 1.82) is 0 Å². The highest BCUT2D eigenvalue weighted by Gasteiger charge is 2.46. The molecule has 1 heterocycles. The van der Waals surface area contributed by atoms with Gasteiger partial charge in [0.1, 0.15) is 5.60 Å². The minimum absolute atomic E-state index is 0.225. The molecule has 1 aliphatic heterocycles. The average Bonchev–Trinajstić information content (AvgIpc) is 3.17. The Kier molecular flexibility index (Phi) is 9.00. The summed E-state index contributed by atoms with van der Waals surface area (Å²) in [6.07, 6.45) is 6.54. The molecule has 3 rings (SSSR count). The Balaban J connectivity index is 2.12. The average molecular weight is 563 g/mol. The van der Waals surface area contributed by atoms with Gasteiger partial charge < -0.3 is 4.74 Å². The predicted molar refractivity (Wildman–Crippen MR) is 144 cm³/mol. The van der Waals surface area contributed by atoms with Crippen molar-refractivity contribution in [1.82, 2.24) is 4.31 Å². The van der Waals surface area contributed by atoms with Gasteiger partial charge in [0.25, 0.3) is 0 Å². The number of benzene rings is 2. The van der Waals surface area contributed by atoms with Gasteiger partial charge in [0, 0.05) is 10.5 Å². The monoisotopic (exact) mass is 561 g/mol. The topological polar surface area (TPSA) is 63.7 Å². The van der Waals surface area contributed by atoms with Gasteiger partial charge in [0.2, 0.25) is 10.0 Å².